The molecule has 2 aliphatic rings. The Bertz CT molecular complexity index is 858. The fourth-order valence-electron chi connectivity index (χ4n) is 3.96. The summed E-state index contributed by atoms with van der Waals surface area (Å²) in [6.45, 7) is 5.13. The topological polar surface area (TPSA) is 68.2 Å². The van der Waals surface area contributed by atoms with Crippen LogP contribution in [0.3, 0.4) is 0 Å². The minimum Gasteiger partial charge on any atom is -0.380 e. The number of aromatic nitrogens is 2. The van der Waals surface area contributed by atoms with Gasteiger partial charge in [-0.15, -0.1) is 0 Å². The van der Waals surface area contributed by atoms with Gasteiger partial charge in [0.25, 0.3) is 5.91 Å². The lowest BCUT2D eigenvalue weighted by atomic mass is 9.86. The Morgan fingerprint density at radius 1 is 1.36 bits per heavy atom. The minimum atomic E-state index is -0.283. The standard InChI is InChI=1S/C21H27FN4O2/c1-21(12-28-13-21)11-24-16-7-8-18-17(9-16)19(25-26(18)2)20(27)23-10-14-3-5-15(22)6-4-14/h3-6,16,24H,7-13H2,1-2H3,(H,23,27)/t16-/m1/s1. The number of nitrogens with zero attached hydrogens (tertiary/aromatic N) is 2. The molecule has 0 unspecified atom stereocenters. The molecule has 0 bridgehead atoms. The zero-order valence-electron chi connectivity index (χ0n) is 16.4. The number of carbonyl (C=O) groups excluding carboxylic acids is 1. The van der Waals surface area contributed by atoms with Crippen LogP contribution in [0.5, 0.6) is 0 Å². The molecular formula is C21H27FN4O2. The van der Waals surface area contributed by atoms with Gasteiger partial charge in [0.1, 0.15) is 5.82 Å². The number of nitrogens with one attached hydrogen (secondary N) is 2. The van der Waals surface area contributed by atoms with E-state index in [2.05, 4.69) is 22.7 Å². The number of ether oxygens (including phenoxy) is 1. The highest BCUT2D eigenvalue weighted by Gasteiger charge is 2.35. The summed E-state index contributed by atoms with van der Waals surface area (Å²) in [6, 6.07) is 6.49. The van der Waals surface area contributed by atoms with Crippen LogP contribution >= 0.6 is 0 Å². The number of hydrogen-bond donors (Lipinski definition) is 2. The average molecular weight is 386 g/mol. The largest absolute Gasteiger partial charge is 0.380 e. The Morgan fingerprint density at radius 2 is 2.11 bits per heavy atom. The third-order valence-electron chi connectivity index (χ3n) is 5.75. The van der Waals surface area contributed by atoms with Gasteiger partial charge in [-0.05, 0) is 37.0 Å². The van der Waals surface area contributed by atoms with Crippen LogP contribution in [-0.4, -0.2) is 41.5 Å². The molecule has 0 saturated carbocycles. The Hall–Kier alpha value is -2.25. The Kier molecular flexibility index (Phi) is 5.21. The first-order valence-corrected chi connectivity index (χ1v) is 9.82. The van der Waals surface area contributed by atoms with Crippen LogP contribution in [0.4, 0.5) is 4.39 Å². The Morgan fingerprint density at radius 3 is 2.79 bits per heavy atom. The van der Waals surface area contributed by atoms with Crippen molar-refractivity contribution in [2.75, 3.05) is 19.8 Å². The SMILES string of the molecule is Cn1nc(C(=O)NCc2ccc(F)cc2)c2c1CC[C@@H](NCC1(C)COC1)C2. The number of rotatable bonds is 6. The fraction of sp³-hybridized carbons (Fsp3) is 0.524. The second-order valence-corrected chi connectivity index (χ2v) is 8.33. The molecule has 28 heavy (non-hydrogen) atoms. The van der Waals surface area contributed by atoms with Crippen molar-refractivity contribution in [2.24, 2.45) is 12.5 Å². The highest BCUT2D eigenvalue weighted by molar-refractivity contribution is 5.94. The molecule has 150 valence electrons. The molecule has 1 amide bonds. The predicted octanol–water partition coefficient (Wildman–Crippen LogP) is 1.97. The molecule has 0 spiro atoms. The van der Waals surface area contributed by atoms with Crippen molar-refractivity contribution in [3.05, 3.63) is 52.6 Å². The molecule has 2 N–H and O–H groups in total. The number of amides is 1. The van der Waals surface area contributed by atoms with E-state index in [1.54, 1.807) is 12.1 Å². The molecule has 1 fully saturated rings. The summed E-state index contributed by atoms with van der Waals surface area (Å²) >= 11 is 0. The zero-order valence-corrected chi connectivity index (χ0v) is 16.4. The third-order valence-corrected chi connectivity index (χ3v) is 5.75. The van der Waals surface area contributed by atoms with Gasteiger partial charge >= 0.3 is 0 Å². The van der Waals surface area contributed by atoms with E-state index in [0.717, 1.165) is 55.8 Å². The second-order valence-electron chi connectivity index (χ2n) is 8.33. The molecule has 2 heterocycles. The molecule has 0 radical (unpaired) electrons. The molecule has 1 atom stereocenters. The molecule has 7 heteroatoms. The summed E-state index contributed by atoms with van der Waals surface area (Å²) in [7, 11) is 1.90. The van der Waals surface area contributed by atoms with Crippen LogP contribution in [0, 0.1) is 11.2 Å². The molecule has 1 aliphatic heterocycles. The van der Waals surface area contributed by atoms with E-state index in [4.69, 9.17) is 4.74 Å². The number of carbonyl (C=O) groups is 1. The van der Waals surface area contributed by atoms with Gasteiger partial charge in [0.15, 0.2) is 5.69 Å². The lowest BCUT2D eigenvalue weighted by molar-refractivity contribution is -0.100. The van der Waals surface area contributed by atoms with E-state index in [0.29, 0.717) is 18.3 Å². The van der Waals surface area contributed by atoms with Crippen LogP contribution in [0.2, 0.25) is 0 Å². The molecule has 2 aromatic rings. The lowest BCUT2D eigenvalue weighted by Gasteiger charge is -2.39. The number of benzene rings is 1. The van der Waals surface area contributed by atoms with Crippen LogP contribution in [0.25, 0.3) is 0 Å². The summed E-state index contributed by atoms with van der Waals surface area (Å²) in [4.78, 5) is 12.8. The van der Waals surface area contributed by atoms with E-state index < -0.39 is 0 Å². The second kappa shape index (κ2) is 7.64. The maximum absolute atomic E-state index is 13.0. The Balaban J connectivity index is 1.41. The first kappa shape index (κ1) is 19.1. The highest BCUT2D eigenvalue weighted by atomic mass is 19.1. The number of halogens is 1. The quantitative estimate of drug-likeness (QED) is 0.797. The van der Waals surface area contributed by atoms with Crippen molar-refractivity contribution >= 4 is 5.91 Å². The predicted molar refractivity (Wildman–Crippen MR) is 104 cm³/mol. The van der Waals surface area contributed by atoms with Crippen molar-refractivity contribution in [1.82, 2.24) is 20.4 Å². The van der Waals surface area contributed by atoms with E-state index in [1.807, 2.05) is 11.7 Å². The molecule has 1 aromatic carbocycles. The van der Waals surface area contributed by atoms with Crippen molar-refractivity contribution in [1.29, 1.82) is 0 Å². The summed E-state index contributed by atoms with van der Waals surface area (Å²) < 4.78 is 20.2. The van der Waals surface area contributed by atoms with E-state index in [1.165, 1.54) is 12.1 Å². The van der Waals surface area contributed by atoms with Gasteiger partial charge in [0.05, 0.1) is 13.2 Å². The van der Waals surface area contributed by atoms with E-state index >= 15 is 0 Å². The van der Waals surface area contributed by atoms with Gasteiger partial charge in [-0.25, -0.2) is 4.39 Å². The number of fused-ring (bicyclic) bond motifs is 1. The summed E-state index contributed by atoms with van der Waals surface area (Å²) in [6.07, 6.45) is 2.76. The van der Waals surface area contributed by atoms with Crippen molar-refractivity contribution in [2.45, 2.75) is 38.8 Å². The normalized spacial score (nSPS) is 20.3. The first-order chi connectivity index (χ1) is 13.4. The van der Waals surface area contributed by atoms with Crippen molar-refractivity contribution < 1.29 is 13.9 Å². The summed E-state index contributed by atoms with van der Waals surface area (Å²) in [5.41, 5.74) is 3.77. The zero-order chi connectivity index (χ0) is 19.7. The van der Waals surface area contributed by atoms with Gasteiger partial charge in [-0.3, -0.25) is 9.48 Å². The van der Waals surface area contributed by atoms with Crippen molar-refractivity contribution in [3.63, 3.8) is 0 Å². The van der Waals surface area contributed by atoms with Gasteiger partial charge in [0.2, 0.25) is 0 Å². The van der Waals surface area contributed by atoms with Crippen LogP contribution in [0.1, 0.15) is 40.7 Å². The maximum atomic E-state index is 13.0. The number of hydrogen-bond acceptors (Lipinski definition) is 4. The van der Waals surface area contributed by atoms with Gasteiger partial charge in [-0.2, -0.15) is 5.10 Å². The molecular weight excluding hydrogens is 359 g/mol. The van der Waals surface area contributed by atoms with Crippen LogP contribution < -0.4 is 10.6 Å². The van der Waals surface area contributed by atoms with E-state index in [9.17, 15) is 9.18 Å². The molecule has 1 aromatic heterocycles. The molecule has 1 aliphatic carbocycles. The molecule has 1 saturated heterocycles. The number of aryl methyl sites for hydroxylation is 1. The van der Waals surface area contributed by atoms with Crippen molar-refractivity contribution in [3.8, 4) is 0 Å². The summed E-state index contributed by atoms with van der Waals surface area (Å²) in [5.74, 6) is -0.462. The maximum Gasteiger partial charge on any atom is 0.272 e. The summed E-state index contributed by atoms with van der Waals surface area (Å²) in [5, 5.41) is 11.1. The first-order valence-electron chi connectivity index (χ1n) is 9.82. The minimum absolute atomic E-state index is 0.179. The Labute approximate surface area is 164 Å². The van der Waals surface area contributed by atoms with Gasteiger partial charge in [-0.1, -0.05) is 19.1 Å². The lowest BCUT2D eigenvalue weighted by Crippen LogP contribution is -2.50. The van der Waals surface area contributed by atoms with Gasteiger partial charge in [0, 0.05) is 42.9 Å². The average Bonchev–Trinajstić information content (AvgIpc) is 3.00. The molecule has 4 rings (SSSR count). The molecule has 6 nitrogen and oxygen atoms in total. The van der Waals surface area contributed by atoms with Crippen LogP contribution in [-0.2, 0) is 31.2 Å². The van der Waals surface area contributed by atoms with Gasteiger partial charge < -0.3 is 15.4 Å². The highest BCUT2D eigenvalue weighted by Crippen LogP contribution is 2.28. The van der Waals surface area contributed by atoms with E-state index in [-0.39, 0.29) is 17.1 Å². The smallest absolute Gasteiger partial charge is 0.272 e. The van der Waals surface area contributed by atoms with Crippen LogP contribution in [0.15, 0.2) is 24.3 Å². The fourth-order valence-corrected chi connectivity index (χ4v) is 3.96. The monoisotopic (exact) mass is 386 g/mol. The third kappa shape index (κ3) is 3.95.